The number of amides is 1. The maximum Gasteiger partial charge on any atom is 0.236 e. The van der Waals surface area contributed by atoms with Crippen molar-refractivity contribution in [3.63, 3.8) is 0 Å². The van der Waals surface area contributed by atoms with Gasteiger partial charge in [0.2, 0.25) is 5.91 Å². The Kier molecular flexibility index (Phi) is 6.16. The second-order valence-corrected chi connectivity index (χ2v) is 8.61. The molecule has 2 atom stereocenters. The second kappa shape index (κ2) is 8.15. The number of piperazine rings is 1. The van der Waals surface area contributed by atoms with Crippen LogP contribution in [0.3, 0.4) is 0 Å². The lowest BCUT2D eigenvalue weighted by atomic mass is 10.2. The predicted molar refractivity (Wildman–Crippen MR) is 97.6 cm³/mol. The number of hydrogen-bond donors (Lipinski definition) is 0. The third-order valence-corrected chi connectivity index (χ3v) is 5.82. The van der Waals surface area contributed by atoms with E-state index in [-0.39, 0.29) is 18.1 Å². The molecule has 2 unspecified atom stereocenters. The normalized spacial score (nSPS) is 26.7. The molecule has 5 nitrogen and oxygen atoms in total. The first-order chi connectivity index (χ1) is 11.5. The standard InChI is InChI=1S/C17H26ClN3O2S/c1-13-9-21(10-14(2)23-13)17(22)12-20-7-5-19(6-8-20)11-15-3-4-16(18)24-15/h3-4,13-14H,5-12H2,1-2H3. The van der Waals surface area contributed by atoms with Gasteiger partial charge in [0.15, 0.2) is 0 Å². The van der Waals surface area contributed by atoms with Gasteiger partial charge in [0.1, 0.15) is 0 Å². The minimum atomic E-state index is 0.132. The Balaban J connectivity index is 1.42. The summed E-state index contributed by atoms with van der Waals surface area (Å²) in [6.07, 6.45) is 0.263. The third-order valence-electron chi connectivity index (χ3n) is 4.60. The summed E-state index contributed by atoms with van der Waals surface area (Å²) in [5.41, 5.74) is 0. The minimum absolute atomic E-state index is 0.132. The van der Waals surface area contributed by atoms with E-state index >= 15 is 0 Å². The van der Waals surface area contributed by atoms with Crippen LogP contribution in [0.4, 0.5) is 0 Å². The molecule has 0 saturated carbocycles. The molecule has 2 aliphatic rings. The van der Waals surface area contributed by atoms with Crippen molar-refractivity contribution in [3.05, 3.63) is 21.3 Å². The molecule has 0 spiro atoms. The number of hydrogen-bond acceptors (Lipinski definition) is 5. The van der Waals surface area contributed by atoms with Crippen molar-refractivity contribution in [3.8, 4) is 0 Å². The molecule has 3 rings (SSSR count). The Labute approximate surface area is 153 Å². The van der Waals surface area contributed by atoms with Gasteiger partial charge in [0.05, 0.1) is 23.1 Å². The Hall–Kier alpha value is -0.660. The fourth-order valence-electron chi connectivity index (χ4n) is 3.44. The zero-order valence-electron chi connectivity index (χ0n) is 14.4. The Morgan fingerprint density at radius 3 is 2.38 bits per heavy atom. The molecule has 2 saturated heterocycles. The van der Waals surface area contributed by atoms with Crippen LogP contribution in [-0.2, 0) is 16.1 Å². The molecule has 2 aliphatic heterocycles. The van der Waals surface area contributed by atoms with E-state index in [0.717, 1.165) is 37.1 Å². The van der Waals surface area contributed by atoms with E-state index in [2.05, 4.69) is 15.9 Å². The molecule has 0 N–H and O–H groups in total. The minimum Gasteiger partial charge on any atom is -0.372 e. The van der Waals surface area contributed by atoms with Crippen LogP contribution in [0.5, 0.6) is 0 Å². The third kappa shape index (κ3) is 4.92. The van der Waals surface area contributed by atoms with Gasteiger partial charge in [0.25, 0.3) is 0 Å². The lowest BCUT2D eigenvalue weighted by Crippen LogP contribution is -2.53. The number of carbonyl (C=O) groups is 1. The van der Waals surface area contributed by atoms with Crippen LogP contribution >= 0.6 is 22.9 Å². The fourth-order valence-corrected chi connectivity index (χ4v) is 4.57. The summed E-state index contributed by atoms with van der Waals surface area (Å²) in [6, 6.07) is 4.06. The fraction of sp³-hybridized carbons (Fsp3) is 0.706. The number of morpholine rings is 1. The van der Waals surface area contributed by atoms with Crippen molar-refractivity contribution in [2.45, 2.75) is 32.6 Å². The molecule has 134 valence electrons. The van der Waals surface area contributed by atoms with Crippen LogP contribution in [0.15, 0.2) is 12.1 Å². The second-order valence-electron chi connectivity index (χ2n) is 6.81. The van der Waals surface area contributed by atoms with Crippen LogP contribution in [0.2, 0.25) is 4.34 Å². The van der Waals surface area contributed by atoms with Crippen LogP contribution in [0.1, 0.15) is 18.7 Å². The van der Waals surface area contributed by atoms with Gasteiger partial charge in [0, 0.05) is 50.7 Å². The number of thiophene rings is 1. The van der Waals surface area contributed by atoms with Gasteiger partial charge in [-0.15, -0.1) is 11.3 Å². The summed E-state index contributed by atoms with van der Waals surface area (Å²) in [7, 11) is 0. The summed E-state index contributed by atoms with van der Waals surface area (Å²) in [5.74, 6) is 0.232. The molecule has 0 aromatic carbocycles. The summed E-state index contributed by atoms with van der Waals surface area (Å²) in [5, 5.41) is 0. The Bertz CT molecular complexity index is 550. The SMILES string of the molecule is CC1CN(C(=O)CN2CCN(Cc3ccc(Cl)s3)CC2)CC(C)O1. The van der Waals surface area contributed by atoms with Gasteiger partial charge < -0.3 is 9.64 Å². The van der Waals surface area contributed by atoms with Crippen LogP contribution in [0.25, 0.3) is 0 Å². The van der Waals surface area contributed by atoms with Crippen molar-refractivity contribution < 1.29 is 9.53 Å². The molecule has 0 radical (unpaired) electrons. The number of nitrogens with zero attached hydrogens (tertiary/aromatic N) is 3. The molecule has 2 fully saturated rings. The number of halogens is 1. The van der Waals surface area contributed by atoms with Crippen molar-refractivity contribution >= 4 is 28.8 Å². The molecule has 0 bridgehead atoms. The molecule has 0 aliphatic carbocycles. The van der Waals surface area contributed by atoms with Gasteiger partial charge in [-0.25, -0.2) is 0 Å². The van der Waals surface area contributed by atoms with Gasteiger partial charge >= 0.3 is 0 Å². The van der Waals surface area contributed by atoms with E-state index in [1.54, 1.807) is 11.3 Å². The summed E-state index contributed by atoms with van der Waals surface area (Å²) < 4.78 is 6.56. The molecular formula is C17H26ClN3O2S. The highest BCUT2D eigenvalue weighted by atomic mass is 35.5. The monoisotopic (exact) mass is 371 g/mol. The largest absolute Gasteiger partial charge is 0.372 e. The van der Waals surface area contributed by atoms with Gasteiger partial charge in [-0.2, -0.15) is 0 Å². The van der Waals surface area contributed by atoms with E-state index in [1.165, 1.54) is 4.88 Å². The molecule has 1 aromatic heterocycles. The van der Waals surface area contributed by atoms with Crippen molar-refractivity contribution in [2.75, 3.05) is 45.8 Å². The highest BCUT2D eigenvalue weighted by Gasteiger charge is 2.27. The van der Waals surface area contributed by atoms with Crippen molar-refractivity contribution in [1.29, 1.82) is 0 Å². The quantitative estimate of drug-likeness (QED) is 0.812. The van der Waals surface area contributed by atoms with E-state index in [4.69, 9.17) is 16.3 Å². The van der Waals surface area contributed by atoms with Crippen molar-refractivity contribution in [2.24, 2.45) is 0 Å². The van der Waals surface area contributed by atoms with Crippen LogP contribution < -0.4 is 0 Å². The molecule has 1 amide bonds. The zero-order valence-corrected chi connectivity index (χ0v) is 16.0. The summed E-state index contributed by atoms with van der Waals surface area (Å²) in [4.78, 5) is 20.5. The van der Waals surface area contributed by atoms with Crippen LogP contribution in [0, 0.1) is 0 Å². The Morgan fingerprint density at radius 1 is 1.17 bits per heavy atom. The first-order valence-corrected chi connectivity index (χ1v) is 9.81. The van der Waals surface area contributed by atoms with Gasteiger partial charge in [-0.05, 0) is 26.0 Å². The first kappa shape index (κ1) is 18.1. The average Bonchev–Trinajstić information content (AvgIpc) is 2.93. The molecule has 24 heavy (non-hydrogen) atoms. The predicted octanol–water partition coefficient (Wildman–Crippen LogP) is 2.15. The lowest BCUT2D eigenvalue weighted by Gasteiger charge is -2.38. The van der Waals surface area contributed by atoms with Gasteiger partial charge in [-0.3, -0.25) is 14.6 Å². The topological polar surface area (TPSA) is 36.0 Å². The maximum absolute atomic E-state index is 12.5. The highest BCUT2D eigenvalue weighted by molar-refractivity contribution is 7.16. The van der Waals surface area contributed by atoms with E-state index in [9.17, 15) is 4.79 Å². The lowest BCUT2D eigenvalue weighted by molar-refractivity contribution is -0.144. The van der Waals surface area contributed by atoms with E-state index in [0.29, 0.717) is 19.6 Å². The van der Waals surface area contributed by atoms with Crippen molar-refractivity contribution in [1.82, 2.24) is 14.7 Å². The van der Waals surface area contributed by atoms with Crippen LogP contribution in [-0.4, -0.2) is 78.6 Å². The average molecular weight is 372 g/mol. The van der Waals surface area contributed by atoms with E-state index < -0.39 is 0 Å². The summed E-state index contributed by atoms with van der Waals surface area (Å²) in [6.45, 7) is 10.9. The maximum atomic E-state index is 12.5. The molecule has 7 heteroatoms. The number of ether oxygens (including phenoxy) is 1. The summed E-state index contributed by atoms with van der Waals surface area (Å²) >= 11 is 7.64. The molecule has 3 heterocycles. The number of carbonyl (C=O) groups excluding carboxylic acids is 1. The highest BCUT2D eigenvalue weighted by Crippen LogP contribution is 2.23. The molecular weight excluding hydrogens is 346 g/mol. The van der Waals surface area contributed by atoms with Gasteiger partial charge in [-0.1, -0.05) is 11.6 Å². The van der Waals surface area contributed by atoms with E-state index in [1.807, 2.05) is 24.8 Å². The Morgan fingerprint density at radius 2 is 1.79 bits per heavy atom. The molecule has 1 aromatic rings. The smallest absolute Gasteiger partial charge is 0.236 e. The zero-order chi connectivity index (χ0) is 17.1. The first-order valence-electron chi connectivity index (χ1n) is 8.62. The number of rotatable bonds is 4.